The summed E-state index contributed by atoms with van der Waals surface area (Å²) in [7, 11) is 1.40. The van der Waals surface area contributed by atoms with E-state index in [1.54, 1.807) is 42.5 Å². The Morgan fingerprint density at radius 1 is 1.10 bits per heavy atom. The van der Waals surface area contributed by atoms with Gasteiger partial charge >= 0.3 is 5.91 Å². The van der Waals surface area contributed by atoms with Gasteiger partial charge < -0.3 is 14.9 Å². The number of ether oxygens (including phenoxy) is 1. The van der Waals surface area contributed by atoms with E-state index in [-0.39, 0.29) is 28.0 Å². The molecule has 0 radical (unpaired) electrons. The molecule has 1 aliphatic heterocycles. The zero-order valence-corrected chi connectivity index (χ0v) is 24.1. The summed E-state index contributed by atoms with van der Waals surface area (Å²) in [6.07, 6.45) is 0. The van der Waals surface area contributed by atoms with Crippen molar-refractivity contribution in [2.75, 3.05) is 12.0 Å². The highest BCUT2D eigenvalue weighted by Gasteiger charge is 2.48. The largest absolute Gasteiger partial charge is 0.507 e. The van der Waals surface area contributed by atoms with Crippen LogP contribution in [0.2, 0.25) is 5.02 Å². The molecule has 0 bridgehead atoms. The maximum absolute atomic E-state index is 13.4. The molecule has 0 saturated carbocycles. The number of carbonyl (C=O) groups is 2. The number of phenols is 1. The number of ketones is 1. The Kier molecular flexibility index (Phi) is 7.94. The number of thioether (sulfide) groups is 1. The van der Waals surface area contributed by atoms with E-state index < -0.39 is 17.7 Å². The molecule has 198 valence electrons. The Hall–Kier alpha value is -3.38. The summed E-state index contributed by atoms with van der Waals surface area (Å²) in [5, 5.41) is 30.7. The number of phenolic OH excluding ortho intramolecular Hbond substituents is 1. The fourth-order valence-electron chi connectivity index (χ4n) is 4.06. The van der Waals surface area contributed by atoms with Crippen LogP contribution in [0.1, 0.15) is 22.7 Å². The van der Waals surface area contributed by atoms with Crippen LogP contribution in [-0.4, -0.2) is 39.2 Å². The molecular weight excluding hydrogens is 626 g/mol. The van der Waals surface area contributed by atoms with Crippen molar-refractivity contribution in [1.29, 1.82) is 0 Å². The van der Waals surface area contributed by atoms with Crippen LogP contribution in [0, 0.1) is 0 Å². The van der Waals surface area contributed by atoms with E-state index in [9.17, 15) is 19.8 Å². The normalized spacial score (nSPS) is 16.6. The molecule has 1 aliphatic rings. The Morgan fingerprint density at radius 2 is 1.82 bits per heavy atom. The second-order valence-electron chi connectivity index (χ2n) is 8.37. The first kappa shape index (κ1) is 27.2. The molecule has 2 heterocycles. The van der Waals surface area contributed by atoms with Crippen LogP contribution in [0.15, 0.2) is 81.1 Å². The van der Waals surface area contributed by atoms with Gasteiger partial charge in [-0.25, -0.2) is 0 Å². The number of rotatable bonds is 7. The van der Waals surface area contributed by atoms with Crippen molar-refractivity contribution in [3.8, 4) is 11.5 Å². The van der Waals surface area contributed by atoms with Gasteiger partial charge in [0.25, 0.3) is 5.78 Å². The highest BCUT2D eigenvalue weighted by Crippen LogP contribution is 2.45. The van der Waals surface area contributed by atoms with Crippen LogP contribution < -0.4 is 9.64 Å². The number of amides is 1. The molecule has 8 nitrogen and oxygen atoms in total. The molecule has 2 N–H and O–H groups in total. The third-order valence-corrected chi connectivity index (χ3v) is 8.87. The predicted molar refractivity (Wildman–Crippen MR) is 155 cm³/mol. The highest BCUT2D eigenvalue weighted by molar-refractivity contribution is 9.10. The van der Waals surface area contributed by atoms with Gasteiger partial charge in [0.1, 0.15) is 5.76 Å². The molecule has 1 unspecified atom stereocenters. The van der Waals surface area contributed by atoms with Gasteiger partial charge in [-0.05, 0) is 47.5 Å². The summed E-state index contributed by atoms with van der Waals surface area (Å²) in [5.41, 5.74) is 1.73. The molecule has 39 heavy (non-hydrogen) atoms. The minimum absolute atomic E-state index is 0.108. The third kappa shape index (κ3) is 5.53. The maximum Gasteiger partial charge on any atom is 0.301 e. The van der Waals surface area contributed by atoms with Crippen LogP contribution in [0.5, 0.6) is 11.5 Å². The molecule has 1 amide bonds. The lowest BCUT2D eigenvalue weighted by Gasteiger charge is -2.23. The van der Waals surface area contributed by atoms with Crippen LogP contribution in [0.3, 0.4) is 0 Å². The van der Waals surface area contributed by atoms with Gasteiger partial charge in [-0.1, -0.05) is 81.0 Å². The number of hydrogen-bond donors (Lipinski definition) is 2. The van der Waals surface area contributed by atoms with Crippen LogP contribution in [0.4, 0.5) is 5.13 Å². The number of hydrogen-bond acceptors (Lipinski definition) is 9. The molecule has 0 aliphatic carbocycles. The molecule has 1 fully saturated rings. The zero-order valence-electron chi connectivity index (χ0n) is 20.2. The lowest BCUT2D eigenvalue weighted by Crippen LogP contribution is -2.29. The average Bonchev–Trinajstić information content (AvgIpc) is 3.50. The van der Waals surface area contributed by atoms with Gasteiger partial charge in [-0.2, -0.15) is 0 Å². The van der Waals surface area contributed by atoms with Gasteiger partial charge in [0, 0.05) is 20.8 Å². The minimum atomic E-state index is -1.04. The van der Waals surface area contributed by atoms with Crippen LogP contribution >= 0.6 is 50.6 Å². The molecule has 1 aromatic heterocycles. The molecule has 1 atom stereocenters. The van der Waals surface area contributed by atoms with Crippen molar-refractivity contribution < 1.29 is 24.5 Å². The van der Waals surface area contributed by atoms with E-state index in [0.717, 1.165) is 21.4 Å². The van der Waals surface area contributed by atoms with Gasteiger partial charge in [0.2, 0.25) is 5.13 Å². The Labute approximate surface area is 245 Å². The van der Waals surface area contributed by atoms with Crippen molar-refractivity contribution in [3.63, 3.8) is 0 Å². The summed E-state index contributed by atoms with van der Waals surface area (Å²) in [4.78, 5) is 28.0. The number of aromatic nitrogens is 2. The van der Waals surface area contributed by atoms with Crippen molar-refractivity contribution in [1.82, 2.24) is 10.2 Å². The second kappa shape index (κ2) is 11.4. The molecule has 3 aromatic carbocycles. The first-order chi connectivity index (χ1) is 18.8. The van der Waals surface area contributed by atoms with E-state index in [1.165, 1.54) is 35.9 Å². The number of aliphatic hydroxyl groups excluding tert-OH is 1. The Bertz CT molecular complexity index is 1590. The van der Waals surface area contributed by atoms with Crippen LogP contribution in [0.25, 0.3) is 5.76 Å². The van der Waals surface area contributed by atoms with Gasteiger partial charge in [0.15, 0.2) is 15.8 Å². The SMILES string of the molecule is COc1cc(C2/C(=C(/O)c3ccc(Br)cc3)C(=O)C(=O)N2c2nnc(SCc3ccc(Cl)cc3)s2)ccc1O. The number of halogens is 2. The molecule has 4 aromatic rings. The number of aliphatic hydroxyl groups is 1. The molecule has 5 rings (SSSR count). The van der Waals surface area contributed by atoms with E-state index in [0.29, 0.717) is 26.2 Å². The Morgan fingerprint density at radius 3 is 2.51 bits per heavy atom. The summed E-state index contributed by atoms with van der Waals surface area (Å²) in [5.74, 6) is -1.40. The minimum Gasteiger partial charge on any atom is -0.507 e. The summed E-state index contributed by atoms with van der Waals surface area (Å²) < 4.78 is 6.64. The number of benzene rings is 3. The second-order valence-corrected chi connectivity index (χ2v) is 11.9. The number of carbonyl (C=O) groups excluding carboxylic acids is 2. The van der Waals surface area contributed by atoms with Crippen molar-refractivity contribution in [2.24, 2.45) is 0 Å². The number of nitrogens with zero attached hydrogens (tertiary/aromatic N) is 3. The van der Waals surface area contributed by atoms with Gasteiger partial charge in [-0.3, -0.25) is 14.5 Å². The smallest absolute Gasteiger partial charge is 0.301 e. The van der Waals surface area contributed by atoms with Crippen molar-refractivity contribution >= 4 is 73.2 Å². The highest BCUT2D eigenvalue weighted by atomic mass is 79.9. The lowest BCUT2D eigenvalue weighted by molar-refractivity contribution is -0.132. The van der Waals surface area contributed by atoms with Crippen molar-refractivity contribution in [2.45, 2.75) is 16.1 Å². The standard InChI is InChI=1S/C27H19BrClN3O5S2/c1-37-20-12-16(6-11-19(20)33)22-21(23(34)15-4-7-17(28)8-5-15)24(35)25(36)32(22)26-30-31-27(39-26)38-13-14-2-9-18(29)10-3-14/h2-12,22,33-34H,13H2,1H3/b23-21-. The van der Waals surface area contributed by atoms with Gasteiger partial charge in [-0.15, -0.1) is 10.2 Å². The molecular formula is C27H19BrClN3O5S2. The van der Waals surface area contributed by atoms with Crippen LogP contribution in [-0.2, 0) is 15.3 Å². The molecule has 0 spiro atoms. The number of anilines is 1. The number of aromatic hydroxyl groups is 1. The number of Topliss-reactive ketones (excluding diaryl/α,β-unsaturated/α-hetero) is 1. The fraction of sp³-hybridized carbons (Fsp3) is 0.111. The molecule has 1 saturated heterocycles. The zero-order chi connectivity index (χ0) is 27.7. The average molecular weight is 645 g/mol. The fourth-order valence-corrected chi connectivity index (χ4v) is 6.27. The Balaban J connectivity index is 1.56. The van der Waals surface area contributed by atoms with E-state index in [4.69, 9.17) is 16.3 Å². The summed E-state index contributed by atoms with van der Waals surface area (Å²) >= 11 is 11.9. The maximum atomic E-state index is 13.4. The summed E-state index contributed by atoms with van der Waals surface area (Å²) in [6, 6.07) is 17.6. The number of methoxy groups -OCH3 is 1. The third-order valence-electron chi connectivity index (χ3n) is 5.96. The summed E-state index contributed by atoms with van der Waals surface area (Å²) in [6.45, 7) is 0. The monoisotopic (exact) mass is 643 g/mol. The lowest BCUT2D eigenvalue weighted by atomic mass is 9.95. The predicted octanol–water partition coefficient (Wildman–Crippen LogP) is 6.59. The van der Waals surface area contributed by atoms with E-state index in [2.05, 4.69) is 26.1 Å². The quantitative estimate of drug-likeness (QED) is 0.0762. The van der Waals surface area contributed by atoms with E-state index in [1.807, 2.05) is 12.1 Å². The first-order valence-corrected chi connectivity index (χ1v) is 14.4. The van der Waals surface area contributed by atoms with Crippen molar-refractivity contribution in [3.05, 3.63) is 98.5 Å². The van der Waals surface area contributed by atoms with Gasteiger partial charge in [0.05, 0.1) is 18.7 Å². The van der Waals surface area contributed by atoms with E-state index >= 15 is 0 Å². The topological polar surface area (TPSA) is 113 Å². The molecule has 12 heteroatoms. The first-order valence-electron chi connectivity index (χ1n) is 11.4.